The van der Waals surface area contributed by atoms with Gasteiger partial charge in [-0.05, 0) is 66.6 Å². The number of hydrogen-bond acceptors (Lipinski definition) is 4. The zero-order valence-electron chi connectivity index (χ0n) is 21.3. The fourth-order valence-electron chi connectivity index (χ4n) is 4.53. The molecule has 0 saturated carbocycles. The van der Waals surface area contributed by atoms with E-state index in [9.17, 15) is 4.79 Å². The van der Waals surface area contributed by atoms with E-state index in [1.807, 2.05) is 17.0 Å². The smallest absolute Gasteiger partial charge is 0.289 e. The van der Waals surface area contributed by atoms with Gasteiger partial charge in [0.15, 0.2) is 5.76 Å². The van der Waals surface area contributed by atoms with Crippen LogP contribution in [0.4, 0.5) is 5.69 Å². The Labute approximate surface area is 208 Å². The summed E-state index contributed by atoms with van der Waals surface area (Å²) in [5.41, 5.74) is 6.60. The van der Waals surface area contributed by atoms with Crippen molar-refractivity contribution in [2.24, 2.45) is 0 Å². The molecule has 1 amide bonds. The van der Waals surface area contributed by atoms with E-state index in [0.29, 0.717) is 24.6 Å². The Morgan fingerprint density at radius 3 is 2.24 bits per heavy atom. The molecule has 4 rings (SSSR count). The second-order valence-corrected chi connectivity index (χ2v) is 11.3. The lowest BCUT2D eigenvalue weighted by molar-refractivity contribution is 0.0713. The minimum Gasteiger partial charge on any atom is -0.455 e. The third-order valence-electron chi connectivity index (χ3n) is 6.62. The van der Waals surface area contributed by atoms with Gasteiger partial charge in [0.05, 0.1) is 5.75 Å². The van der Waals surface area contributed by atoms with Gasteiger partial charge in [-0.1, -0.05) is 51.1 Å². The molecule has 34 heavy (non-hydrogen) atoms. The van der Waals surface area contributed by atoms with Crippen LogP contribution in [0.25, 0.3) is 0 Å². The van der Waals surface area contributed by atoms with E-state index in [1.165, 1.54) is 32.8 Å². The third kappa shape index (κ3) is 5.35. The molecular formula is C29H36N2O2S. The minimum absolute atomic E-state index is 0.0108. The van der Waals surface area contributed by atoms with Crippen molar-refractivity contribution in [1.29, 1.82) is 0 Å². The Kier molecular flexibility index (Phi) is 7.13. The number of amides is 1. The van der Waals surface area contributed by atoms with Gasteiger partial charge in [-0.15, -0.1) is 11.8 Å². The van der Waals surface area contributed by atoms with Gasteiger partial charge in [0.2, 0.25) is 0 Å². The van der Waals surface area contributed by atoms with Crippen molar-refractivity contribution in [3.63, 3.8) is 0 Å². The van der Waals surface area contributed by atoms with Crippen LogP contribution in [0, 0.1) is 20.8 Å². The summed E-state index contributed by atoms with van der Waals surface area (Å²) in [6.07, 6.45) is 0. The summed E-state index contributed by atoms with van der Waals surface area (Å²) in [6.45, 7) is 16.2. The van der Waals surface area contributed by atoms with Crippen molar-refractivity contribution in [2.75, 3.05) is 31.1 Å². The van der Waals surface area contributed by atoms with Gasteiger partial charge in [-0.25, -0.2) is 0 Å². The number of rotatable bonds is 5. The second kappa shape index (κ2) is 9.91. The van der Waals surface area contributed by atoms with Crippen molar-refractivity contribution in [1.82, 2.24) is 4.90 Å². The quantitative estimate of drug-likeness (QED) is 0.381. The van der Waals surface area contributed by atoms with E-state index >= 15 is 0 Å². The average molecular weight is 477 g/mol. The number of aryl methyl sites for hydroxylation is 3. The topological polar surface area (TPSA) is 36.7 Å². The van der Waals surface area contributed by atoms with E-state index in [0.717, 1.165) is 18.8 Å². The van der Waals surface area contributed by atoms with E-state index in [1.54, 1.807) is 11.8 Å². The summed E-state index contributed by atoms with van der Waals surface area (Å²) in [5, 5.41) is 0. The maximum atomic E-state index is 13.1. The van der Waals surface area contributed by atoms with Crippen LogP contribution >= 0.6 is 11.8 Å². The van der Waals surface area contributed by atoms with Crippen LogP contribution in [0.1, 0.15) is 59.3 Å². The van der Waals surface area contributed by atoms with Crippen molar-refractivity contribution in [3.8, 4) is 0 Å². The van der Waals surface area contributed by atoms with Crippen LogP contribution in [-0.4, -0.2) is 37.0 Å². The molecule has 2 aromatic carbocycles. The first-order chi connectivity index (χ1) is 16.1. The molecule has 0 spiro atoms. The molecular weight excluding hydrogens is 440 g/mol. The van der Waals surface area contributed by atoms with Gasteiger partial charge >= 0.3 is 0 Å². The predicted octanol–water partition coefficient (Wildman–Crippen LogP) is 6.76. The molecule has 0 bridgehead atoms. The largest absolute Gasteiger partial charge is 0.455 e. The Bertz CT molecular complexity index is 1150. The molecule has 0 aliphatic carbocycles. The van der Waals surface area contributed by atoms with Crippen LogP contribution in [0.15, 0.2) is 57.8 Å². The number of hydrogen-bond donors (Lipinski definition) is 0. The van der Waals surface area contributed by atoms with E-state index in [2.05, 4.69) is 82.8 Å². The van der Waals surface area contributed by atoms with Gasteiger partial charge < -0.3 is 14.2 Å². The highest BCUT2D eigenvalue weighted by Crippen LogP contribution is 2.32. The molecule has 1 fully saturated rings. The van der Waals surface area contributed by atoms with Crippen LogP contribution in [0.2, 0.25) is 0 Å². The first-order valence-electron chi connectivity index (χ1n) is 12.1. The fraction of sp³-hybridized carbons (Fsp3) is 0.414. The molecule has 2 heterocycles. The molecule has 0 unspecified atom stereocenters. The highest BCUT2D eigenvalue weighted by atomic mass is 32.2. The lowest BCUT2D eigenvalue weighted by Crippen LogP contribution is -2.49. The standard InChI is InChI=1S/C29H36N2O2S/c1-20-10-11-23(29(4,5)6)18-26(20)34-19-24-12-13-25(33-24)28(32)31-16-14-30(15-17-31)27-21(2)8-7-9-22(27)3/h7-13,18H,14-17,19H2,1-6H3. The summed E-state index contributed by atoms with van der Waals surface area (Å²) in [4.78, 5) is 18.7. The van der Waals surface area contributed by atoms with Gasteiger partial charge in [0, 0.05) is 36.8 Å². The molecule has 5 heteroatoms. The van der Waals surface area contributed by atoms with Crippen LogP contribution in [0.5, 0.6) is 0 Å². The first kappa shape index (κ1) is 24.5. The van der Waals surface area contributed by atoms with Crippen LogP contribution < -0.4 is 4.90 Å². The summed E-state index contributed by atoms with van der Waals surface area (Å²) in [5.74, 6) is 1.98. The Morgan fingerprint density at radius 2 is 1.59 bits per heavy atom. The molecule has 1 aliphatic heterocycles. The number of carbonyl (C=O) groups excluding carboxylic acids is 1. The first-order valence-corrected chi connectivity index (χ1v) is 13.0. The number of anilines is 1. The summed E-state index contributed by atoms with van der Waals surface area (Å²) in [7, 11) is 0. The van der Waals surface area contributed by atoms with E-state index in [4.69, 9.17) is 4.42 Å². The fourth-order valence-corrected chi connectivity index (χ4v) is 5.49. The molecule has 4 nitrogen and oxygen atoms in total. The lowest BCUT2D eigenvalue weighted by Gasteiger charge is -2.37. The molecule has 1 aliphatic rings. The number of furan rings is 1. The molecule has 180 valence electrons. The zero-order chi connectivity index (χ0) is 24.5. The summed E-state index contributed by atoms with van der Waals surface area (Å²) >= 11 is 1.77. The molecule has 0 N–H and O–H groups in total. The van der Waals surface area contributed by atoms with E-state index in [-0.39, 0.29) is 11.3 Å². The highest BCUT2D eigenvalue weighted by Gasteiger charge is 2.25. The van der Waals surface area contributed by atoms with Crippen LogP contribution in [-0.2, 0) is 11.2 Å². The predicted molar refractivity (Wildman–Crippen MR) is 142 cm³/mol. The Morgan fingerprint density at radius 1 is 0.912 bits per heavy atom. The van der Waals surface area contributed by atoms with Gasteiger partial charge in [0.25, 0.3) is 5.91 Å². The van der Waals surface area contributed by atoms with Crippen molar-refractivity contribution in [3.05, 3.63) is 82.3 Å². The normalized spacial score (nSPS) is 14.5. The van der Waals surface area contributed by atoms with Gasteiger partial charge in [-0.3, -0.25) is 4.79 Å². The number of para-hydroxylation sites is 1. The molecule has 0 atom stereocenters. The number of carbonyl (C=O) groups is 1. The lowest BCUT2D eigenvalue weighted by atomic mass is 9.87. The van der Waals surface area contributed by atoms with Crippen LogP contribution in [0.3, 0.4) is 0 Å². The Balaban J connectivity index is 1.36. The molecule has 0 radical (unpaired) electrons. The number of nitrogens with zero attached hydrogens (tertiary/aromatic N) is 2. The number of piperazine rings is 1. The summed E-state index contributed by atoms with van der Waals surface area (Å²) < 4.78 is 5.98. The van der Waals surface area contributed by atoms with Gasteiger partial charge in [0.1, 0.15) is 5.76 Å². The van der Waals surface area contributed by atoms with E-state index < -0.39 is 0 Å². The number of thioether (sulfide) groups is 1. The van der Waals surface area contributed by atoms with Gasteiger partial charge in [-0.2, -0.15) is 0 Å². The second-order valence-electron chi connectivity index (χ2n) is 10.3. The molecule has 3 aromatic rings. The monoisotopic (exact) mass is 476 g/mol. The van der Waals surface area contributed by atoms with Crippen molar-refractivity contribution >= 4 is 23.4 Å². The molecule has 1 saturated heterocycles. The zero-order valence-corrected chi connectivity index (χ0v) is 22.1. The third-order valence-corrected chi connectivity index (χ3v) is 7.80. The van der Waals surface area contributed by atoms with Crippen molar-refractivity contribution < 1.29 is 9.21 Å². The average Bonchev–Trinajstić information content (AvgIpc) is 3.27. The summed E-state index contributed by atoms with van der Waals surface area (Å²) in [6, 6.07) is 16.9. The highest BCUT2D eigenvalue weighted by molar-refractivity contribution is 7.98. The maximum Gasteiger partial charge on any atom is 0.289 e. The maximum absolute atomic E-state index is 13.1. The minimum atomic E-state index is -0.0108. The Hall–Kier alpha value is -2.66. The number of benzene rings is 2. The van der Waals surface area contributed by atoms with Crippen molar-refractivity contribution in [2.45, 2.75) is 57.6 Å². The molecule has 1 aromatic heterocycles. The SMILES string of the molecule is Cc1ccc(C(C)(C)C)cc1SCc1ccc(C(=O)N2CCN(c3c(C)cccc3C)CC2)o1.